The molecule has 1 saturated carbocycles. The van der Waals surface area contributed by atoms with E-state index in [9.17, 15) is 15.3 Å². The molecule has 0 aromatic heterocycles. The molecule has 0 amide bonds. The first-order valence-electron chi connectivity index (χ1n) is 12.7. The number of hydrogen-bond donors (Lipinski definition) is 2. The average molecular weight is 567 g/mol. The van der Waals surface area contributed by atoms with E-state index in [2.05, 4.69) is 9.98 Å². The van der Waals surface area contributed by atoms with E-state index in [0.29, 0.717) is 5.75 Å². The number of nitrogens with zero attached hydrogens (tertiary/aromatic N) is 2. The largest absolute Gasteiger partial charge is 0.872 e. The summed E-state index contributed by atoms with van der Waals surface area (Å²) < 4.78 is 5.49. The molecule has 1 aliphatic rings. The maximum atomic E-state index is 10.8. The fourth-order valence-corrected chi connectivity index (χ4v) is 4.12. The molecule has 5 rings (SSSR count). The maximum Gasteiger partial charge on any atom is 0.127 e. The van der Waals surface area contributed by atoms with Gasteiger partial charge >= 0.3 is 0 Å². The Morgan fingerprint density at radius 1 is 0.615 bits per heavy atom. The predicted octanol–water partition coefficient (Wildman–Crippen LogP) is 6.50. The number of hydrogen-bond acceptors (Lipinski definition) is 6. The van der Waals surface area contributed by atoms with Crippen molar-refractivity contribution in [1.29, 1.82) is 0 Å². The average Bonchev–Trinajstić information content (AvgIpc) is 2.95. The van der Waals surface area contributed by atoms with E-state index in [4.69, 9.17) is 4.74 Å². The zero-order chi connectivity index (χ0) is 26.6. The molecule has 0 bridgehead atoms. The van der Waals surface area contributed by atoms with Crippen LogP contribution < -0.4 is 9.84 Å². The third-order valence-corrected chi connectivity index (χ3v) is 6.18. The van der Waals surface area contributed by atoms with E-state index < -0.39 is 0 Å². The molecule has 2 unspecified atom stereocenters. The van der Waals surface area contributed by atoms with Crippen LogP contribution in [0.1, 0.15) is 36.8 Å². The summed E-state index contributed by atoms with van der Waals surface area (Å²) in [6.07, 6.45) is 7.76. The van der Waals surface area contributed by atoms with Crippen molar-refractivity contribution >= 4 is 12.4 Å². The summed E-state index contributed by atoms with van der Waals surface area (Å²) in [6.45, 7) is 0. The van der Waals surface area contributed by atoms with Gasteiger partial charge in [0.15, 0.2) is 0 Å². The van der Waals surface area contributed by atoms with Gasteiger partial charge in [-0.15, -0.1) is 5.75 Å². The van der Waals surface area contributed by atoms with Gasteiger partial charge in [-0.3, -0.25) is 9.98 Å². The number of ether oxygens (including phenoxy) is 1. The van der Waals surface area contributed by atoms with Gasteiger partial charge in [0.05, 0.1) is 12.1 Å². The normalized spacial score (nSPS) is 16.7. The van der Waals surface area contributed by atoms with Crippen LogP contribution in [0.15, 0.2) is 113 Å². The van der Waals surface area contributed by atoms with E-state index in [1.807, 2.05) is 54.6 Å². The third kappa shape index (κ3) is 9.32. The van der Waals surface area contributed by atoms with E-state index >= 15 is 0 Å². The van der Waals surface area contributed by atoms with Crippen molar-refractivity contribution in [2.24, 2.45) is 9.98 Å². The second-order valence-corrected chi connectivity index (χ2v) is 8.98. The summed E-state index contributed by atoms with van der Waals surface area (Å²) in [7, 11) is 0. The molecular weight excluding hydrogens is 535 g/mol. The maximum absolute atomic E-state index is 10.8. The minimum atomic E-state index is -0.00888. The number of phenolic OH excluding ortho intramolecular Hbond substituents is 2. The van der Waals surface area contributed by atoms with Gasteiger partial charge in [0.2, 0.25) is 0 Å². The molecule has 39 heavy (non-hydrogen) atoms. The third-order valence-electron chi connectivity index (χ3n) is 6.18. The van der Waals surface area contributed by atoms with Crippen LogP contribution in [0.25, 0.3) is 0 Å². The first kappa shape index (κ1) is 29.5. The van der Waals surface area contributed by atoms with Crippen LogP contribution in [0.5, 0.6) is 28.7 Å². The van der Waals surface area contributed by atoms with Crippen LogP contribution in [0, 0.1) is 0 Å². The van der Waals surface area contributed by atoms with Gasteiger partial charge in [-0.05, 0) is 61.4 Å². The van der Waals surface area contributed by atoms with Crippen LogP contribution in [-0.4, -0.2) is 34.7 Å². The first-order valence-corrected chi connectivity index (χ1v) is 12.7. The molecule has 2 N–H and O–H groups in total. The van der Waals surface area contributed by atoms with Gasteiger partial charge in [0, 0.05) is 40.3 Å². The zero-order valence-electron chi connectivity index (χ0n) is 21.4. The van der Waals surface area contributed by atoms with E-state index in [0.717, 1.165) is 42.6 Å². The van der Waals surface area contributed by atoms with Crippen LogP contribution in [0.4, 0.5) is 0 Å². The van der Waals surface area contributed by atoms with Gasteiger partial charge < -0.3 is 20.1 Å². The molecule has 0 aliphatic heterocycles. The molecule has 0 spiro atoms. The summed E-state index contributed by atoms with van der Waals surface area (Å²) in [5, 5.41) is 30.5. The Bertz CT molecular complexity index is 1280. The fraction of sp³-hybridized carbons (Fsp3) is 0.188. The Balaban J connectivity index is 0.000000239. The molecule has 1 fully saturated rings. The molecule has 0 saturated heterocycles. The molecule has 1 aliphatic carbocycles. The van der Waals surface area contributed by atoms with Crippen LogP contribution in [0.2, 0.25) is 0 Å². The van der Waals surface area contributed by atoms with Gasteiger partial charge in [-0.25, -0.2) is 0 Å². The molecule has 4 aromatic carbocycles. The minimum absolute atomic E-state index is 0. The summed E-state index contributed by atoms with van der Waals surface area (Å²) >= 11 is 0. The number of phenols is 2. The SMILES string of the molecule is Oc1ccccc1C=NC1CCCCC1N=Cc1ccccc1O.[Co].[O-]c1ccc(Oc2ccccc2)cc1. The van der Waals surface area contributed by atoms with E-state index in [1.165, 1.54) is 12.1 Å². The molecule has 2 atom stereocenters. The second kappa shape index (κ2) is 15.4. The van der Waals surface area contributed by atoms with Gasteiger partial charge in [-0.1, -0.05) is 67.4 Å². The Morgan fingerprint density at radius 2 is 1.05 bits per heavy atom. The summed E-state index contributed by atoms with van der Waals surface area (Å²) in [4.78, 5) is 9.34. The first-order chi connectivity index (χ1) is 18.6. The zero-order valence-corrected chi connectivity index (χ0v) is 22.4. The second-order valence-electron chi connectivity index (χ2n) is 8.98. The Labute approximate surface area is 239 Å². The smallest absolute Gasteiger partial charge is 0.127 e. The van der Waals surface area contributed by atoms with Crippen molar-refractivity contribution in [2.45, 2.75) is 37.8 Å². The molecule has 203 valence electrons. The Kier molecular flexibility index (Phi) is 11.6. The van der Waals surface area contributed by atoms with Crippen LogP contribution in [-0.2, 0) is 16.8 Å². The van der Waals surface area contributed by atoms with Crippen molar-refractivity contribution in [3.05, 3.63) is 114 Å². The van der Waals surface area contributed by atoms with Crippen molar-refractivity contribution in [2.75, 3.05) is 0 Å². The minimum Gasteiger partial charge on any atom is -0.872 e. The van der Waals surface area contributed by atoms with Gasteiger partial charge in [-0.2, -0.15) is 0 Å². The Hall–Kier alpha value is -4.07. The number of aromatic hydroxyl groups is 2. The van der Waals surface area contributed by atoms with E-state index in [1.54, 1.807) is 48.8 Å². The Morgan fingerprint density at radius 3 is 1.54 bits per heavy atom. The van der Waals surface area contributed by atoms with Crippen molar-refractivity contribution in [3.63, 3.8) is 0 Å². The number of benzene rings is 4. The molecular formula is C32H31CoN2O4-. The molecule has 1 radical (unpaired) electrons. The molecule has 6 nitrogen and oxygen atoms in total. The van der Waals surface area contributed by atoms with Crippen LogP contribution in [0.3, 0.4) is 0 Å². The van der Waals surface area contributed by atoms with Crippen molar-refractivity contribution < 1.29 is 36.8 Å². The summed E-state index contributed by atoms with van der Waals surface area (Å²) in [5.74, 6) is 1.92. The number of rotatable bonds is 6. The quantitative estimate of drug-likeness (QED) is 0.261. The summed E-state index contributed by atoms with van der Waals surface area (Å²) in [6, 6.07) is 30.4. The molecule has 4 aromatic rings. The number of aliphatic imine (C=N–C) groups is 2. The predicted molar refractivity (Wildman–Crippen MR) is 150 cm³/mol. The van der Waals surface area contributed by atoms with Gasteiger partial charge in [0.25, 0.3) is 0 Å². The van der Waals surface area contributed by atoms with E-state index in [-0.39, 0.29) is 46.1 Å². The standard InChI is InChI=1S/C20H22N2O2.C12H10O2.Co/c23-19-11-5-1-7-15(19)13-21-17-9-3-4-10-18(17)22-14-16-8-2-6-12-20(16)24;13-10-6-8-12(9-7-10)14-11-4-2-1-3-5-11;/h1-2,5-8,11-14,17-18,23-24H,3-4,9-10H2;1-9,13H;/p-1. The molecule has 7 heteroatoms. The van der Waals surface area contributed by atoms with Gasteiger partial charge in [0.1, 0.15) is 23.0 Å². The van der Waals surface area contributed by atoms with Crippen molar-refractivity contribution in [1.82, 2.24) is 0 Å². The molecule has 0 heterocycles. The topological polar surface area (TPSA) is 97.5 Å². The monoisotopic (exact) mass is 566 g/mol. The van der Waals surface area contributed by atoms with Crippen molar-refractivity contribution in [3.8, 4) is 28.7 Å². The number of para-hydroxylation sites is 3. The van der Waals surface area contributed by atoms with Crippen LogP contribution >= 0.6 is 0 Å². The summed E-state index contributed by atoms with van der Waals surface area (Å²) in [5.41, 5.74) is 1.46. The fourth-order valence-electron chi connectivity index (χ4n) is 4.12.